The van der Waals surface area contributed by atoms with Crippen molar-refractivity contribution in [1.29, 1.82) is 0 Å². The number of aromatic nitrogens is 4. The molecule has 0 aromatic carbocycles. The molecule has 1 N–H and O–H groups in total. The number of rotatable bonds is 8. The number of likely N-dealkylation sites (tertiary alicyclic amines) is 1. The summed E-state index contributed by atoms with van der Waals surface area (Å²) in [5.74, 6) is 0.955. The number of nitrogens with one attached hydrogen (secondary N) is 1. The van der Waals surface area contributed by atoms with E-state index in [1.165, 1.54) is 25.7 Å². The first-order chi connectivity index (χ1) is 15.0. The molecule has 1 unspecified atom stereocenters. The van der Waals surface area contributed by atoms with Crippen LogP contribution < -0.4 is 5.32 Å². The van der Waals surface area contributed by atoms with Gasteiger partial charge in [-0.3, -0.25) is 19.1 Å². The molecule has 1 amide bonds. The Morgan fingerprint density at radius 2 is 2.00 bits per heavy atom. The highest BCUT2D eigenvalue weighted by molar-refractivity contribution is 5.79. The third-order valence-corrected chi connectivity index (χ3v) is 6.15. The first kappa shape index (κ1) is 21.6. The lowest BCUT2D eigenvalue weighted by molar-refractivity contribution is -0.121. The summed E-state index contributed by atoms with van der Waals surface area (Å²) < 4.78 is 9.59. The SMILES string of the molecule is Cc1nn(C(C)C)c2cnn(CCC(=O)NCC(c3ccco3)N3CCCCCC3)c12. The molecule has 1 aliphatic heterocycles. The van der Waals surface area contributed by atoms with Gasteiger partial charge in [-0.2, -0.15) is 10.2 Å². The van der Waals surface area contributed by atoms with Crippen molar-refractivity contribution in [3.05, 3.63) is 36.0 Å². The number of nitrogens with zero attached hydrogens (tertiary/aromatic N) is 5. The van der Waals surface area contributed by atoms with Gasteiger partial charge in [-0.05, 0) is 58.8 Å². The van der Waals surface area contributed by atoms with Crippen molar-refractivity contribution in [3.63, 3.8) is 0 Å². The molecule has 1 saturated heterocycles. The monoisotopic (exact) mass is 426 g/mol. The number of hydrogen-bond acceptors (Lipinski definition) is 5. The fraction of sp³-hybridized carbons (Fsp3) is 0.609. The molecule has 4 rings (SSSR count). The fourth-order valence-corrected chi connectivity index (χ4v) is 4.54. The third-order valence-electron chi connectivity index (χ3n) is 6.15. The maximum atomic E-state index is 12.7. The van der Waals surface area contributed by atoms with E-state index >= 15 is 0 Å². The molecule has 1 aliphatic rings. The van der Waals surface area contributed by atoms with Crippen LogP contribution in [-0.2, 0) is 11.3 Å². The lowest BCUT2D eigenvalue weighted by Crippen LogP contribution is -2.38. The average Bonchev–Trinajstić information content (AvgIpc) is 3.43. The van der Waals surface area contributed by atoms with Gasteiger partial charge in [-0.1, -0.05) is 12.8 Å². The van der Waals surface area contributed by atoms with E-state index in [2.05, 4.69) is 34.3 Å². The zero-order valence-corrected chi connectivity index (χ0v) is 18.9. The maximum absolute atomic E-state index is 12.7. The van der Waals surface area contributed by atoms with Crippen LogP contribution in [0.5, 0.6) is 0 Å². The van der Waals surface area contributed by atoms with Crippen molar-refractivity contribution >= 4 is 16.9 Å². The van der Waals surface area contributed by atoms with Gasteiger partial charge in [0.15, 0.2) is 0 Å². The highest BCUT2D eigenvalue weighted by Crippen LogP contribution is 2.24. The van der Waals surface area contributed by atoms with Crippen LogP contribution in [0.3, 0.4) is 0 Å². The summed E-state index contributed by atoms with van der Waals surface area (Å²) in [5.41, 5.74) is 2.98. The molecule has 8 nitrogen and oxygen atoms in total. The van der Waals surface area contributed by atoms with Gasteiger partial charge >= 0.3 is 0 Å². The van der Waals surface area contributed by atoms with Gasteiger partial charge in [0.25, 0.3) is 0 Å². The first-order valence-electron chi connectivity index (χ1n) is 11.5. The Hall–Kier alpha value is -2.61. The van der Waals surface area contributed by atoms with E-state index in [0.717, 1.165) is 35.6 Å². The van der Waals surface area contributed by atoms with Crippen LogP contribution in [0.15, 0.2) is 29.0 Å². The van der Waals surface area contributed by atoms with Gasteiger partial charge in [0.2, 0.25) is 5.91 Å². The van der Waals surface area contributed by atoms with Gasteiger partial charge in [-0.25, -0.2) is 0 Å². The largest absolute Gasteiger partial charge is 0.468 e. The Morgan fingerprint density at radius 3 is 2.68 bits per heavy atom. The number of hydrogen-bond donors (Lipinski definition) is 1. The molecule has 3 aromatic heterocycles. The van der Waals surface area contributed by atoms with E-state index in [0.29, 0.717) is 19.5 Å². The van der Waals surface area contributed by atoms with Crippen LogP contribution in [0, 0.1) is 6.92 Å². The maximum Gasteiger partial charge on any atom is 0.221 e. The van der Waals surface area contributed by atoms with Crippen molar-refractivity contribution in [3.8, 4) is 0 Å². The molecule has 0 aliphatic carbocycles. The number of aryl methyl sites for hydroxylation is 2. The van der Waals surface area contributed by atoms with Crippen molar-refractivity contribution in [2.24, 2.45) is 0 Å². The Labute approximate surface area is 183 Å². The van der Waals surface area contributed by atoms with Gasteiger partial charge in [0, 0.05) is 19.0 Å². The molecule has 168 valence electrons. The number of carbonyl (C=O) groups excluding carboxylic acids is 1. The lowest BCUT2D eigenvalue weighted by Gasteiger charge is -2.29. The van der Waals surface area contributed by atoms with Gasteiger partial charge in [-0.15, -0.1) is 0 Å². The zero-order chi connectivity index (χ0) is 21.8. The van der Waals surface area contributed by atoms with Crippen LogP contribution in [0.25, 0.3) is 11.0 Å². The number of amides is 1. The molecule has 31 heavy (non-hydrogen) atoms. The van der Waals surface area contributed by atoms with E-state index in [9.17, 15) is 4.79 Å². The van der Waals surface area contributed by atoms with Crippen LogP contribution in [0.2, 0.25) is 0 Å². The molecular formula is C23H34N6O2. The first-order valence-corrected chi connectivity index (χ1v) is 11.5. The molecule has 1 fully saturated rings. The van der Waals surface area contributed by atoms with Crippen LogP contribution >= 0.6 is 0 Å². The van der Waals surface area contributed by atoms with E-state index in [4.69, 9.17) is 4.42 Å². The minimum Gasteiger partial charge on any atom is -0.468 e. The molecule has 8 heteroatoms. The lowest BCUT2D eigenvalue weighted by atomic mass is 10.1. The minimum atomic E-state index is 0.0314. The molecule has 4 heterocycles. The minimum absolute atomic E-state index is 0.0314. The quantitative estimate of drug-likeness (QED) is 0.592. The molecule has 3 aromatic rings. The van der Waals surface area contributed by atoms with E-state index in [1.54, 1.807) is 6.26 Å². The summed E-state index contributed by atoms with van der Waals surface area (Å²) in [7, 11) is 0. The summed E-state index contributed by atoms with van der Waals surface area (Å²) in [6.07, 6.45) is 8.89. The standard InChI is InChI=1S/C23H34N6O2/c1-17(2)29-20-16-25-28(23(20)18(3)26-29)13-10-22(30)24-15-19(21-9-8-14-31-21)27-11-6-4-5-7-12-27/h8-9,14,16-17,19H,4-7,10-13,15H2,1-3H3,(H,24,30). The molecule has 0 spiro atoms. The average molecular weight is 427 g/mol. The highest BCUT2D eigenvalue weighted by Gasteiger charge is 2.24. The van der Waals surface area contributed by atoms with Crippen molar-refractivity contribution in [2.75, 3.05) is 19.6 Å². The normalized spacial score (nSPS) is 16.6. The molecule has 0 saturated carbocycles. The summed E-state index contributed by atoms with van der Waals surface area (Å²) in [4.78, 5) is 15.1. The van der Waals surface area contributed by atoms with Crippen LogP contribution in [-0.4, -0.2) is 50.0 Å². The predicted octanol–water partition coefficient (Wildman–Crippen LogP) is 3.84. The number of carbonyl (C=O) groups is 1. The molecule has 0 radical (unpaired) electrons. The molecular weight excluding hydrogens is 392 g/mol. The summed E-state index contributed by atoms with van der Waals surface area (Å²) >= 11 is 0. The summed E-state index contributed by atoms with van der Waals surface area (Å²) in [5, 5.41) is 12.3. The van der Waals surface area contributed by atoms with Crippen molar-refractivity contribution in [1.82, 2.24) is 29.8 Å². The van der Waals surface area contributed by atoms with Crippen molar-refractivity contribution in [2.45, 2.75) is 71.5 Å². The zero-order valence-electron chi connectivity index (χ0n) is 18.9. The number of furan rings is 1. The second-order valence-corrected chi connectivity index (χ2v) is 8.76. The summed E-state index contributed by atoms with van der Waals surface area (Å²) in [6, 6.07) is 4.29. The van der Waals surface area contributed by atoms with E-state index < -0.39 is 0 Å². The Kier molecular flexibility index (Phi) is 6.75. The second kappa shape index (κ2) is 9.68. The summed E-state index contributed by atoms with van der Waals surface area (Å²) in [6.45, 7) is 9.40. The molecule has 1 atom stereocenters. The Morgan fingerprint density at radius 1 is 1.23 bits per heavy atom. The Bertz CT molecular complexity index is 979. The second-order valence-electron chi connectivity index (χ2n) is 8.76. The van der Waals surface area contributed by atoms with Crippen LogP contribution in [0.4, 0.5) is 0 Å². The smallest absolute Gasteiger partial charge is 0.221 e. The predicted molar refractivity (Wildman–Crippen MR) is 120 cm³/mol. The molecule has 0 bridgehead atoms. The van der Waals surface area contributed by atoms with Crippen LogP contribution in [0.1, 0.15) is 69.5 Å². The van der Waals surface area contributed by atoms with Gasteiger partial charge in [0.1, 0.15) is 16.8 Å². The van der Waals surface area contributed by atoms with E-state index in [1.807, 2.05) is 34.6 Å². The fourth-order valence-electron chi connectivity index (χ4n) is 4.54. The van der Waals surface area contributed by atoms with Crippen molar-refractivity contribution < 1.29 is 9.21 Å². The van der Waals surface area contributed by atoms with Gasteiger partial charge in [0.05, 0.1) is 30.7 Å². The van der Waals surface area contributed by atoms with Gasteiger partial charge < -0.3 is 9.73 Å². The third kappa shape index (κ3) is 4.84. The Balaban J connectivity index is 1.37. The number of fused-ring (bicyclic) bond motifs is 1. The topological polar surface area (TPSA) is 81.1 Å². The highest BCUT2D eigenvalue weighted by atomic mass is 16.3. The van der Waals surface area contributed by atoms with E-state index in [-0.39, 0.29) is 18.0 Å².